The number of fused-ring (bicyclic) bond motifs is 1. The van der Waals surface area contributed by atoms with Gasteiger partial charge in [0.15, 0.2) is 11.0 Å². The van der Waals surface area contributed by atoms with E-state index in [0.29, 0.717) is 10.7 Å². The zero-order valence-corrected chi connectivity index (χ0v) is 14.3. The number of aromatic nitrogens is 4. The van der Waals surface area contributed by atoms with Crippen molar-refractivity contribution in [2.45, 2.75) is 51.1 Å². The van der Waals surface area contributed by atoms with Crippen LogP contribution >= 0.6 is 23.1 Å². The van der Waals surface area contributed by atoms with Crippen molar-refractivity contribution in [2.24, 2.45) is 0 Å². The highest BCUT2D eigenvalue weighted by Gasteiger charge is 2.34. The molecule has 1 atom stereocenters. The van der Waals surface area contributed by atoms with E-state index in [-0.39, 0.29) is 6.04 Å². The maximum absolute atomic E-state index is 9.37. The average Bonchev–Trinajstić information content (AvgIpc) is 3.22. The van der Waals surface area contributed by atoms with Crippen molar-refractivity contribution in [1.29, 1.82) is 5.26 Å². The van der Waals surface area contributed by atoms with Gasteiger partial charge in [0.25, 0.3) is 0 Å². The molecule has 0 aliphatic carbocycles. The van der Waals surface area contributed by atoms with Gasteiger partial charge < -0.3 is 9.47 Å². The zero-order chi connectivity index (χ0) is 15.8. The number of rotatable bonds is 2. The van der Waals surface area contributed by atoms with Crippen molar-refractivity contribution in [3.8, 4) is 6.07 Å². The Kier molecular flexibility index (Phi) is 3.95. The second-order valence-corrected chi connectivity index (χ2v) is 7.16. The highest BCUT2D eigenvalue weighted by atomic mass is 35.5. The van der Waals surface area contributed by atoms with Crippen molar-refractivity contribution < 1.29 is 0 Å². The number of nitrogens with zero attached hydrogens (tertiary/aromatic N) is 6. The third-order valence-electron chi connectivity index (χ3n) is 4.69. The van der Waals surface area contributed by atoms with Crippen LogP contribution in [0.15, 0.2) is 0 Å². The summed E-state index contributed by atoms with van der Waals surface area (Å²) < 4.78 is 6.45. The SMILES string of the molecule is N#Cc1c(Cl)nsc1N1CCC[C@H]1c1nnc2n1CCCCC2. The van der Waals surface area contributed by atoms with Gasteiger partial charge in [0.1, 0.15) is 22.5 Å². The molecule has 1 fully saturated rings. The van der Waals surface area contributed by atoms with Crippen molar-refractivity contribution in [1.82, 2.24) is 19.1 Å². The summed E-state index contributed by atoms with van der Waals surface area (Å²) in [6.07, 6.45) is 6.73. The summed E-state index contributed by atoms with van der Waals surface area (Å²) in [4.78, 5) is 2.24. The van der Waals surface area contributed by atoms with E-state index >= 15 is 0 Å². The van der Waals surface area contributed by atoms with Crippen LogP contribution in [0.25, 0.3) is 0 Å². The lowest BCUT2D eigenvalue weighted by atomic mass is 10.2. The molecule has 2 aliphatic heterocycles. The van der Waals surface area contributed by atoms with E-state index in [1.165, 1.54) is 30.8 Å². The van der Waals surface area contributed by atoms with Crippen LogP contribution in [-0.4, -0.2) is 25.7 Å². The molecule has 0 radical (unpaired) electrons. The largest absolute Gasteiger partial charge is 0.351 e. The van der Waals surface area contributed by atoms with E-state index in [2.05, 4.69) is 30.1 Å². The monoisotopic (exact) mass is 348 g/mol. The molecule has 0 unspecified atom stereocenters. The maximum Gasteiger partial charge on any atom is 0.162 e. The minimum absolute atomic E-state index is 0.165. The predicted octanol–water partition coefficient (Wildman–Crippen LogP) is 3.33. The summed E-state index contributed by atoms with van der Waals surface area (Å²) in [5, 5.41) is 19.5. The molecule has 4 rings (SSSR count). The van der Waals surface area contributed by atoms with E-state index in [4.69, 9.17) is 11.6 Å². The van der Waals surface area contributed by atoms with Crippen LogP contribution in [-0.2, 0) is 13.0 Å². The first-order valence-corrected chi connectivity index (χ1v) is 9.18. The molecule has 0 saturated carbocycles. The van der Waals surface area contributed by atoms with Crippen LogP contribution in [0, 0.1) is 11.3 Å². The second-order valence-electron chi connectivity index (χ2n) is 6.05. The van der Waals surface area contributed by atoms with Gasteiger partial charge in [-0.05, 0) is 37.2 Å². The first kappa shape index (κ1) is 14.9. The Morgan fingerprint density at radius 1 is 1.17 bits per heavy atom. The van der Waals surface area contributed by atoms with E-state index in [0.717, 1.165) is 49.0 Å². The van der Waals surface area contributed by atoms with E-state index in [9.17, 15) is 5.26 Å². The standard InChI is InChI=1S/C15H17ClN6S/c16-13-10(9-17)15(23-20-13)21-8-4-5-11(21)14-19-18-12-6-2-1-3-7-22(12)14/h11H,1-8H2/t11-/m0/s1. The lowest BCUT2D eigenvalue weighted by Gasteiger charge is -2.25. The smallest absolute Gasteiger partial charge is 0.162 e. The van der Waals surface area contributed by atoms with Crippen LogP contribution in [0.1, 0.15) is 55.4 Å². The minimum Gasteiger partial charge on any atom is -0.351 e. The van der Waals surface area contributed by atoms with Gasteiger partial charge in [0.05, 0.1) is 6.04 Å². The average molecular weight is 349 g/mol. The lowest BCUT2D eigenvalue weighted by molar-refractivity contribution is 0.560. The topological polar surface area (TPSA) is 70.6 Å². The van der Waals surface area contributed by atoms with Gasteiger partial charge in [-0.1, -0.05) is 18.0 Å². The Morgan fingerprint density at radius 2 is 2.09 bits per heavy atom. The van der Waals surface area contributed by atoms with Crippen LogP contribution in [0.2, 0.25) is 5.15 Å². The molecule has 0 N–H and O–H groups in total. The summed E-state index contributed by atoms with van der Waals surface area (Å²) in [6, 6.07) is 2.36. The molecule has 0 bridgehead atoms. The predicted molar refractivity (Wildman–Crippen MR) is 88.7 cm³/mol. The van der Waals surface area contributed by atoms with Crippen molar-refractivity contribution in [2.75, 3.05) is 11.4 Å². The Hall–Kier alpha value is -1.65. The van der Waals surface area contributed by atoms with Crippen molar-refractivity contribution in [3.05, 3.63) is 22.4 Å². The summed E-state index contributed by atoms with van der Waals surface area (Å²) in [6.45, 7) is 1.90. The highest BCUT2D eigenvalue weighted by Crippen LogP contribution is 2.41. The van der Waals surface area contributed by atoms with Gasteiger partial charge in [-0.2, -0.15) is 9.64 Å². The lowest BCUT2D eigenvalue weighted by Crippen LogP contribution is -2.25. The van der Waals surface area contributed by atoms with Crippen LogP contribution in [0.4, 0.5) is 5.00 Å². The first-order chi connectivity index (χ1) is 11.3. The number of hydrogen-bond acceptors (Lipinski definition) is 6. The zero-order valence-electron chi connectivity index (χ0n) is 12.7. The fourth-order valence-corrected chi connectivity index (χ4v) is 4.69. The molecule has 0 aromatic carbocycles. The fraction of sp³-hybridized carbons (Fsp3) is 0.600. The van der Waals surface area contributed by atoms with Gasteiger partial charge in [-0.25, -0.2) is 0 Å². The quantitative estimate of drug-likeness (QED) is 0.832. The molecule has 2 aromatic rings. The molecule has 2 aliphatic rings. The number of hydrogen-bond donors (Lipinski definition) is 0. The highest BCUT2D eigenvalue weighted by molar-refractivity contribution is 7.10. The summed E-state index contributed by atoms with van der Waals surface area (Å²) in [5.74, 6) is 2.14. The molecule has 2 aromatic heterocycles. The molecule has 1 saturated heterocycles. The van der Waals surface area contributed by atoms with Gasteiger partial charge >= 0.3 is 0 Å². The molecule has 0 amide bonds. The fourth-order valence-electron chi connectivity index (χ4n) is 3.59. The number of halogens is 1. The minimum atomic E-state index is 0.165. The Labute approximate surface area is 143 Å². The molecule has 0 spiro atoms. The van der Waals surface area contributed by atoms with Crippen molar-refractivity contribution in [3.63, 3.8) is 0 Å². The van der Waals surface area contributed by atoms with E-state index in [1.54, 1.807) is 0 Å². The number of nitriles is 1. The Bertz CT molecular complexity index is 761. The van der Waals surface area contributed by atoms with E-state index in [1.807, 2.05) is 0 Å². The number of anilines is 1. The molecule has 8 heteroatoms. The van der Waals surface area contributed by atoms with Gasteiger partial charge in [0.2, 0.25) is 0 Å². The summed E-state index contributed by atoms with van der Waals surface area (Å²) >= 11 is 7.35. The third kappa shape index (κ3) is 2.50. The maximum atomic E-state index is 9.37. The van der Waals surface area contributed by atoms with Crippen LogP contribution < -0.4 is 4.90 Å². The van der Waals surface area contributed by atoms with Gasteiger partial charge in [0, 0.05) is 19.5 Å². The van der Waals surface area contributed by atoms with Crippen LogP contribution in [0.3, 0.4) is 0 Å². The Balaban J connectivity index is 1.71. The first-order valence-electron chi connectivity index (χ1n) is 8.03. The molecule has 120 valence electrons. The van der Waals surface area contributed by atoms with Gasteiger partial charge in [-0.3, -0.25) is 0 Å². The van der Waals surface area contributed by atoms with E-state index < -0.39 is 0 Å². The Morgan fingerprint density at radius 3 is 2.96 bits per heavy atom. The van der Waals surface area contributed by atoms with Crippen LogP contribution in [0.5, 0.6) is 0 Å². The molecular weight excluding hydrogens is 332 g/mol. The summed E-state index contributed by atoms with van der Waals surface area (Å²) in [5.41, 5.74) is 0.485. The second kappa shape index (κ2) is 6.10. The van der Waals surface area contributed by atoms with Gasteiger partial charge in [-0.15, -0.1) is 10.2 Å². The molecule has 6 nitrogen and oxygen atoms in total. The normalized spacial score (nSPS) is 21.0. The summed E-state index contributed by atoms with van der Waals surface area (Å²) in [7, 11) is 0. The number of aryl methyl sites for hydroxylation is 1. The molecule has 23 heavy (non-hydrogen) atoms. The van der Waals surface area contributed by atoms with Crippen molar-refractivity contribution >= 4 is 28.1 Å². The molecule has 4 heterocycles. The third-order valence-corrected chi connectivity index (χ3v) is 5.95. The molecular formula is C15H17ClN6S.